The van der Waals surface area contributed by atoms with Gasteiger partial charge in [0, 0.05) is 25.5 Å². The summed E-state index contributed by atoms with van der Waals surface area (Å²) in [4.78, 5) is 25.9. The monoisotopic (exact) mass is 522 g/mol. The number of rotatable bonds is 16. The lowest BCUT2D eigenvalue weighted by Gasteiger charge is -2.32. The van der Waals surface area contributed by atoms with Gasteiger partial charge in [-0.15, -0.1) is 0 Å². The van der Waals surface area contributed by atoms with Crippen molar-refractivity contribution in [3.05, 3.63) is 69.0 Å². The van der Waals surface area contributed by atoms with Gasteiger partial charge >= 0.3 is 5.69 Å². The highest BCUT2D eigenvalue weighted by molar-refractivity contribution is 5.13. The van der Waals surface area contributed by atoms with Crippen LogP contribution in [-0.4, -0.2) is 59.0 Å². The summed E-state index contributed by atoms with van der Waals surface area (Å²) in [5.74, 6) is -0.753. The maximum atomic E-state index is 14.7. The molecular formula is C27H39FN2O7. The normalized spacial score (nSPS) is 23.5. The van der Waals surface area contributed by atoms with Crippen LogP contribution in [0.25, 0.3) is 0 Å². The molecule has 3 rings (SSSR count). The van der Waals surface area contributed by atoms with Gasteiger partial charge in [-0.2, -0.15) is 0 Å². The van der Waals surface area contributed by atoms with Gasteiger partial charge in [-0.1, -0.05) is 57.0 Å². The lowest BCUT2D eigenvalue weighted by Crippen LogP contribution is -2.50. The Morgan fingerprint density at radius 2 is 1.78 bits per heavy atom. The maximum absolute atomic E-state index is 14.7. The Labute approximate surface area is 216 Å². The second-order valence-corrected chi connectivity index (χ2v) is 9.34. The molecule has 37 heavy (non-hydrogen) atoms. The molecule has 9 nitrogen and oxygen atoms in total. The van der Waals surface area contributed by atoms with E-state index in [-0.39, 0.29) is 19.9 Å². The van der Waals surface area contributed by atoms with E-state index in [1.165, 1.54) is 16.8 Å². The van der Waals surface area contributed by atoms with Gasteiger partial charge in [0.25, 0.3) is 5.56 Å². The molecular weight excluding hydrogens is 483 g/mol. The first-order valence-electron chi connectivity index (χ1n) is 13.0. The smallest absolute Gasteiger partial charge is 0.335 e. The average Bonchev–Trinajstić information content (AvgIpc) is 3.22. The summed E-state index contributed by atoms with van der Waals surface area (Å²) in [5.41, 5.74) is -1.82. The van der Waals surface area contributed by atoms with E-state index in [9.17, 15) is 19.1 Å². The molecule has 0 radical (unpaired) electrons. The van der Waals surface area contributed by atoms with Crippen LogP contribution in [0.15, 0.2) is 52.2 Å². The number of aliphatic hydroxyl groups excluding tert-OH is 1. The number of unbranched alkanes of at least 4 members (excludes halogenated alkanes) is 2. The Kier molecular flexibility index (Phi) is 11.5. The molecule has 2 heterocycles. The van der Waals surface area contributed by atoms with Gasteiger partial charge in [0.1, 0.15) is 31.3 Å². The molecule has 0 unspecified atom stereocenters. The molecule has 4 atom stereocenters. The Bertz CT molecular complexity index is 1060. The minimum atomic E-state index is -1.50. The molecule has 1 fully saturated rings. The van der Waals surface area contributed by atoms with E-state index in [0.717, 1.165) is 35.8 Å². The highest BCUT2D eigenvalue weighted by atomic mass is 19.1. The minimum Gasteiger partial charge on any atom is -0.396 e. The van der Waals surface area contributed by atoms with Crippen LogP contribution in [0.4, 0.5) is 4.39 Å². The number of nitrogens with zero attached hydrogens (tertiary/aromatic N) is 2. The molecule has 0 saturated carbocycles. The van der Waals surface area contributed by atoms with Gasteiger partial charge in [-0.25, -0.2) is 13.8 Å². The van der Waals surface area contributed by atoms with Gasteiger partial charge in [-0.3, -0.25) is 9.36 Å². The van der Waals surface area contributed by atoms with Crippen LogP contribution in [-0.2, 0) is 32.3 Å². The van der Waals surface area contributed by atoms with Crippen LogP contribution in [0.2, 0.25) is 0 Å². The Balaban J connectivity index is 1.87. The Morgan fingerprint density at radius 1 is 1.05 bits per heavy atom. The van der Waals surface area contributed by atoms with Crippen LogP contribution in [0.3, 0.4) is 0 Å². The van der Waals surface area contributed by atoms with Crippen molar-refractivity contribution < 1.29 is 28.4 Å². The standard InChI is InChI=1S/C27H39FN2O7/c1-3-5-14-34-19-27(18-28)24(36-15-6-4-2)22(16-31)25(37-27)29-13-12-23(32)30(26(29)33)20-35-17-21-10-8-7-9-11-21/h7-13,22,24-25,31H,3-6,14-20H2,1-2H3/t22-,24-,25+,27+/m0/s1. The second-order valence-electron chi connectivity index (χ2n) is 9.34. The van der Waals surface area contributed by atoms with Crippen LogP contribution in [0.5, 0.6) is 0 Å². The number of alkyl halides is 1. The van der Waals surface area contributed by atoms with Gasteiger partial charge in [0.15, 0.2) is 0 Å². The molecule has 10 heteroatoms. The average molecular weight is 523 g/mol. The van der Waals surface area contributed by atoms with Crippen molar-refractivity contribution in [2.75, 3.05) is 33.1 Å². The van der Waals surface area contributed by atoms with Crippen LogP contribution in [0, 0.1) is 5.92 Å². The number of hydrogen-bond acceptors (Lipinski definition) is 7. The minimum absolute atomic E-state index is 0.0815. The van der Waals surface area contributed by atoms with Gasteiger partial charge in [0.2, 0.25) is 0 Å². The van der Waals surface area contributed by atoms with Crippen molar-refractivity contribution in [2.24, 2.45) is 5.92 Å². The van der Waals surface area contributed by atoms with Crippen LogP contribution >= 0.6 is 0 Å². The van der Waals surface area contributed by atoms with Crippen LogP contribution < -0.4 is 11.2 Å². The molecule has 2 aromatic rings. The van der Waals surface area contributed by atoms with Gasteiger partial charge < -0.3 is 24.1 Å². The van der Waals surface area contributed by atoms with Gasteiger partial charge in [-0.05, 0) is 18.4 Å². The highest BCUT2D eigenvalue weighted by Crippen LogP contribution is 2.43. The molecule has 1 aliphatic heterocycles. The van der Waals surface area contributed by atoms with E-state index in [2.05, 4.69) is 0 Å². The molecule has 0 aliphatic carbocycles. The molecule has 1 aromatic carbocycles. The zero-order valence-electron chi connectivity index (χ0n) is 21.7. The van der Waals surface area contributed by atoms with Crippen molar-refractivity contribution in [1.29, 1.82) is 0 Å². The van der Waals surface area contributed by atoms with Crippen molar-refractivity contribution in [3.63, 3.8) is 0 Å². The fourth-order valence-electron chi connectivity index (χ4n) is 4.44. The molecule has 1 N–H and O–H groups in total. The summed E-state index contributed by atoms with van der Waals surface area (Å²) < 4.78 is 40.4. The molecule has 1 aliphatic rings. The predicted molar refractivity (Wildman–Crippen MR) is 136 cm³/mol. The third kappa shape index (κ3) is 7.14. The lowest BCUT2D eigenvalue weighted by molar-refractivity contribution is -0.161. The topological polar surface area (TPSA) is 101 Å². The van der Waals surface area contributed by atoms with E-state index >= 15 is 0 Å². The number of aromatic nitrogens is 2. The first-order valence-corrected chi connectivity index (χ1v) is 13.0. The quantitative estimate of drug-likeness (QED) is 0.338. The Morgan fingerprint density at radius 3 is 2.46 bits per heavy atom. The molecule has 206 valence electrons. The summed E-state index contributed by atoms with van der Waals surface area (Å²) in [6.07, 6.45) is 2.76. The van der Waals surface area contributed by atoms with E-state index in [1.807, 2.05) is 44.2 Å². The molecule has 0 amide bonds. The third-order valence-corrected chi connectivity index (χ3v) is 6.55. The zero-order chi connectivity index (χ0) is 26.7. The van der Waals surface area contributed by atoms with E-state index in [1.54, 1.807) is 0 Å². The van der Waals surface area contributed by atoms with E-state index in [4.69, 9.17) is 18.9 Å². The summed E-state index contributed by atoms with van der Waals surface area (Å²) in [5, 5.41) is 10.3. The fraction of sp³-hybridized carbons (Fsp3) is 0.630. The third-order valence-electron chi connectivity index (χ3n) is 6.55. The summed E-state index contributed by atoms with van der Waals surface area (Å²) >= 11 is 0. The lowest BCUT2D eigenvalue weighted by atomic mass is 9.91. The Hall–Kier alpha value is -2.37. The van der Waals surface area contributed by atoms with Gasteiger partial charge in [0.05, 0.1) is 25.7 Å². The largest absolute Gasteiger partial charge is 0.396 e. The number of benzene rings is 1. The number of halogens is 1. The molecule has 1 aromatic heterocycles. The summed E-state index contributed by atoms with van der Waals surface area (Å²) in [6.45, 7) is 3.36. The van der Waals surface area contributed by atoms with Crippen molar-refractivity contribution in [3.8, 4) is 0 Å². The molecule has 1 saturated heterocycles. The number of aliphatic hydroxyl groups is 1. The van der Waals surface area contributed by atoms with Crippen molar-refractivity contribution >= 4 is 0 Å². The molecule has 0 spiro atoms. The number of ether oxygens (including phenoxy) is 4. The summed E-state index contributed by atoms with van der Waals surface area (Å²) in [7, 11) is 0. The fourth-order valence-corrected chi connectivity index (χ4v) is 4.44. The van der Waals surface area contributed by atoms with E-state index in [0.29, 0.717) is 13.2 Å². The maximum Gasteiger partial charge on any atom is 0.335 e. The first kappa shape index (κ1) is 29.2. The SMILES string of the molecule is CCCCOC[C@@]1(CF)O[C@@H](n2ccc(=O)n(COCc3ccccc3)c2=O)[C@@H](CO)[C@@H]1OCCCC. The second kappa shape index (κ2) is 14.5. The highest BCUT2D eigenvalue weighted by Gasteiger charge is 2.57. The number of hydrogen-bond donors (Lipinski definition) is 1. The van der Waals surface area contributed by atoms with Crippen molar-refractivity contribution in [2.45, 2.75) is 70.8 Å². The molecule has 0 bridgehead atoms. The summed E-state index contributed by atoms with van der Waals surface area (Å²) in [6, 6.07) is 10.6. The van der Waals surface area contributed by atoms with Crippen LogP contribution in [0.1, 0.15) is 51.3 Å². The van der Waals surface area contributed by atoms with E-state index < -0.39 is 48.4 Å². The zero-order valence-corrected chi connectivity index (χ0v) is 21.7. The predicted octanol–water partition coefficient (Wildman–Crippen LogP) is 3.03. The first-order chi connectivity index (χ1) is 18.0. The van der Waals surface area contributed by atoms with Crippen molar-refractivity contribution in [1.82, 2.24) is 9.13 Å².